The SMILES string of the molecule is O=C(Nc1cccc(-c2cn3ccnc3c(-n3ccnc3-c3ccccc3)n2)c1)Nc1ccc(F)c(Cl)c1.O=C(Nc1cccc(-c2cn3ccnc3c(-n3ccnc3-c3ccccc3)n2)c1)c1ccccc1Cl. The summed E-state index contributed by atoms with van der Waals surface area (Å²) in [6, 6.07) is 45.1. The summed E-state index contributed by atoms with van der Waals surface area (Å²) >= 11 is 12.0. The smallest absolute Gasteiger partial charge is 0.322 e. The first kappa shape index (κ1) is 46.6. The Labute approximate surface area is 431 Å². The van der Waals surface area contributed by atoms with Crippen LogP contribution in [0.2, 0.25) is 10.0 Å². The fraction of sp³-hybridized carbons (Fsp3) is 0. The number of rotatable bonds is 10. The summed E-state index contributed by atoms with van der Waals surface area (Å²) in [5.74, 6) is 1.95. The van der Waals surface area contributed by atoms with Gasteiger partial charge < -0.3 is 24.8 Å². The molecule has 0 aliphatic carbocycles. The van der Waals surface area contributed by atoms with E-state index in [1.807, 2.05) is 158 Å². The highest BCUT2D eigenvalue weighted by molar-refractivity contribution is 6.34. The molecule has 18 heteroatoms. The zero-order chi connectivity index (χ0) is 50.5. The van der Waals surface area contributed by atoms with Crippen LogP contribution in [0.25, 0.3) is 68.2 Å². The molecule has 0 saturated heterocycles. The lowest BCUT2D eigenvalue weighted by Crippen LogP contribution is -2.19. The van der Waals surface area contributed by atoms with Gasteiger partial charge in [0.05, 0.1) is 27.0 Å². The average molecular weight is 1010 g/mol. The summed E-state index contributed by atoms with van der Waals surface area (Å²) in [6.45, 7) is 0. The standard InChI is InChI=1S/C28H19ClFN7O.C28H19ClN6O/c29-22-16-21(9-10-23(22)30)34-28(38)33-20-8-4-7-19(15-20)24-17-36-13-11-32-26(36)27(35-24)37-14-12-31-25(37)18-5-2-1-3-6-18;29-23-12-5-4-11-22(23)28(36)32-21-10-6-9-20(17-21)24-18-34-15-13-31-26(34)27(33-24)35-16-14-30-25(35)19-7-2-1-3-8-19/h1-17H,(H2,33,34,38);1-18H,(H,32,36). The van der Waals surface area contributed by atoms with Gasteiger partial charge in [-0.05, 0) is 54.6 Å². The lowest BCUT2D eigenvalue weighted by Gasteiger charge is -2.12. The molecule has 0 atom stereocenters. The molecule has 74 heavy (non-hydrogen) atoms. The summed E-state index contributed by atoms with van der Waals surface area (Å²) in [6.07, 6.45) is 18.2. The number of anilines is 3. The second-order valence-corrected chi connectivity index (χ2v) is 17.3. The van der Waals surface area contributed by atoms with Crippen LogP contribution in [0, 0.1) is 5.82 Å². The van der Waals surface area contributed by atoms with Crippen LogP contribution in [-0.2, 0) is 0 Å². The maximum absolute atomic E-state index is 13.4. The molecule has 0 aliphatic rings. The lowest BCUT2D eigenvalue weighted by atomic mass is 10.1. The highest BCUT2D eigenvalue weighted by Gasteiger charge is 2.19. The number of nitrogens with one attached hydrogen (secondary N) is 3. The van der Waals surface area contributed by atoms with E-state index in [0.717, 1.165) is 39.6 Å². The first-order valence-corrected chi connectivity index (χ1v) is 23.6. The number of urea groups is 1. The number of halogens is 3. The molecule has 3 amide bonds. The van der Waals surface area contributed by atoms with E-state index in [1.54, 1.807) is 55.1 Å². The molecular formula is C56H38Cl2FN13O2. The number of benzene rings is 6. The van der Waals surface area contributed by atoms with E-state index in [1.165, 1.54) is 18.2 Å². The Balaban J connectivity index is 0.000000159. The highest BCUT2D eigenvalue weighted by Crippen LogP contribution is 2.30. The van der Waals surface area contributed by atoms with E-state index in [0.29, 0.717) is 56.3 Å². The Hall–Kier alpha value is -9.77. The van der Waals surface area contributed by atoms with Crippen LogP contribution in [0.3, 0.4) is 0 Å². The van der Waals surface area contributed by atoms with E-state index in [9.17, 15) is 14.0 Å². The molecule has 0 spiro atoms. The fourth-order valence-corrected chi connectivity index (χ4v) is 8.61. The van der Waals surface area contributed by atoms with Crippen LogP contribution >= 0.6 is 23.2 Å². The summed E-state index contributed by atoms with van der Waals surface area (Å²) < 4.78 is 21.1. The number of hydrogen-bond donors (Lipinski definition) is 3. The van der Waals surface area contributed by atoms with Crippen molar-refractivity contribution >= 4 is 63.5 Å². The maximum Gasteiger partial charge on any atom is 0.323 e. The van der Waals surface area contributed by atoms with Crippen LogP contribution in [0.1, 0.15) is 10.4 Å². The number of amides is 3. The van der Waals surface area contributed by atoms with E-state index in [4.69, 9.17) is 33.2 Å². The van der Waals surface area contributed by atoms with Gasteiger partial charge in [0.15, 0.2) is 22.9 Å². The molecule has 0 saturated carbocycles. The first-order chi connectivity index (χ1) is 36.2. The monoisotopic (exact) mass is 1010 g/mol. The zero-order valence-electron chi connectivity index (χ0n) is 38.6. The van der Waals surface area contributed by atoms with Crippen molar-refractivity contribution in [3.8, 4) is 56.9 Å². The van der Waals surface area contributed by atoms with Gasteiger partial charge in [-0.1, -0.05) is 120 Å². The molecule has 12 rings (SSSR count). The van der Waals surface area contributed by atoms with Crippen molar-refractivity contribution in [2.75, 3.05) is 16.0 Å². The van der Waals surface area contributed by atoms with E-state index >= 15 is 0 Å². The Morgan fingerprint density at radius 3 is 1.46 bits per heavy atom. The molecule has 360 valence electrons. The van der Waals surface area contributed by atoms with Gasteiger partial charge in [0.1, 0.15) is 17.5 Å². The van der Waals surface area contributed by atoms with Crippen molar-refractivity contribution in [1.29, 1.82) is 0 Å². The van der Waals surface area contributed by atoms with Crippen molar-refractivity contribution in [3.63, 3.8) is 0 Å². The minimum atomic E-state index is -0.557. The molecule has 0 radical (unpaired) electrons. The van der Waals surface area contributed by atoms with Gasteiger partial charge in [-0.3, -0.25) is 13.9 Å². The van der Waals surface area contributed by atoms with Crippen molar-refractivity contribution in [3.05, 3.63) is 235 Å². The number of aromatic nitrogens is 10. The largest absolute Gasteiger partial charge is 0.323 e. The summed E-state index contributed by atoms with van der Waals surface area (Å²) in [5, 5.41) is 8.69. The number of carbonyl (C=O) groups is 2. The molecule has 12 aromatic rings. The Kier molecular flexibility index (Phi) is 12.9. The zero-order valence-corrected chi connectivity index (χ0v) is 40.1. The normalized spacial score (nSPS) is 11.0. The second kappa shape index (κ2) is 20.5. The molecule has 6 aromatic carbocycles. The molecule has 0 bridgehead atoms. The van der Waals surface area contributed by atoms with E-state index < -0.39 is 11.8 Å². The third-order valence-corrected chi connectivity index (χ3v) is 12.3. The van der Waals surface area contributed by atoms with Crippen LogP contribution in [0.4, 0.5) is 26.2 Å². The number of nitrogens with zero attached hydrogens (tertiary/aromatic N) is 10. The fourth-order valence-electron chi connectivity index (χ4n) is 8.21. The third kappa shape index (κ3) is 9.81. The number of fused-ring (bicyclic) bond motifs is 2. The second-order valence-electron chi connectivity index (χ2n) is 16.5. The Bertz CT molecular complexity index is 4010. The maximum atomic E-state index is 13.4. The molecule has 6 heterocycles. The van der Waals surface area contributed by atoms with Gasteiger partial charge in [0, 0.05) is 101 Å². The predicted molar refractivity (Wildman–Crippen MR) is 285 cm³/mol. The van der Waals surface area contributed by atoms with Crippen molar-refractivity contribution < 1.29 is 14.0 Å². The van der Waals surface area contributed by atoms with Gasteiger partial charge in [0.2, 0.25) is 0 Å². The van der Waals surface area contributed by atoms with Crippen molar-refractivity contribution in [1.82, 2.24) is 47.8 Å². The number of imidazole rings is 4. The first-order valence-electron chi connectivity index (χ1n) is 22.9. The van der Waals surface area contributed by atoms with Gasteiger partial charge in [0.25, 0.3) is 5.91 Å². The summed E-state index contributed by atoms with van der Waals surface area (Å²) in [7, 11) is 0. The third-order valence-electron chi connectivity index (χ3n) is 11.6. The summed E-state index contributed by atoms with van der Waals surface area (Å²) in [4.78, 5) is 53.4. The molecule has 0 fully saturated rings. The molecule has 3 N–H and O–H groups in total. The van der Waals surface area contributed by atoms with Gasteiger partial charge in [-0.25, -0.2) is 39.1 Å². The van der Waals surface area contributed by atoms with Crippen molar-refractivity contribution in [2.45, 2.75) is 0 Å². The Morgan fingerprint density at radius 1 is 0.459 bits per heavy atom. The average Bonchev–Trinajstić information content (AvgIpc) is 4.29. The van der Waals surface area contributed by atoms with Gasteiger partial charge in [-0.15, -0.1) is 0 Å². The minimum absolute atomic E-state index is 0.0742. The molecule has 6 aromatic heterocycles. The van der Waals surface area contributed by atoms with Crippen LogP contribution in [0.15, 0.2) is 214 Å². The number of hydrogen-bond acceptors (Lipinski definition) is 8. The molecular weight excluding hydrogens is 977 g/mol. The Morgan fingerprint density at radius 2 is 0.932 bits per heavy atom. The quantitative estimate of drug-likeness (QED) is 0.122. The van der Waals surface area contributed by atoms with Gasteiger partial charge >= 0.3 is 6.03 Å². The molecule has 0 unspecified atom stereocenters. The summed E-state index contributed by atoms with van der Waals surface area (Å²) in [5.41, 5.74) is 8.30. The lowest BCUT2D eigenvalue weighted by molar-refractivity contribution is 0.102. The van der Waals surface area contributed by atoms with Crippen LogP contribution in [0.5, 0.6) is 0 Å². The molecule has 0 aliphatic heterocycles. The van der Waals surface area contributed by atoms with E-state index in [2.05, 4.69) is 35.9 Å². The molecule has 15 nitrogen and oxygen atoms in total. The van der Waals surface area contributed by atoms with Crippen molar-refractivity contribution in [2.24, 2.45) is 0 Å². The predicted octanol–water partition coefficient (Wildman–Crippen LogP) is 12.8. The van der Waals surface area contributed by atoms with Crippen LogP contribution < -0.4 is 16.0 Å². The van der Waals surface area contributed by atoms with E-state index in [-0.39, 0.29) is 10.9 Å². The van der Waals surface area contributed by atoms with Crippen LogP contribution in [-0.4, -0.2) is 59.8 Å². The highest BCUT2D eigenvalue weighted by atomic mass is 35.5. The number of carbonyl (C=O) groups excluding carboxylic acids is 2. The topological polar surface area (TPSA) is 166 Å². The van der Waals surface area contributed by atoms with Gasteiger partial charge in [-0.2, -0.15) is 0 Å². The minimum Gasteiger partial charge on any atom is -0.322 e.